The van der Waals surface area contributed by atoms with Gasteiger partial charge in [-0.15, -0.1) is 0 Å². The fourth-order valence-corrected chi connectivity index (χ4v) is 2.08. The van der Waals surface area contributed by atoms with Crippen molar-refractivity contribution in [1.29, 1.82) is 0 Å². The molecule has 5 heteroatoms. The molecule has 78 valence electrons. The minimum absolute atomic E-state index is 0.175. The number of carboxylic acid groups (broad SMARTS) is 1. The normalized spacial score (nSPS) is 10.8. The average Bonchev–Trinajstić information content (AvgIpc) is 2.42. The predicted octanol–water partition coefficient (Wildman–Crippen LogP) is 2.63. The average molecular weight is 272 g/mol. The Morgan fingerprint density at radius 1 is 1.53 bits per heavy atom. The molecule has 0 amide bonds. The van der Waals surface area contributed by atoms with Crippen LogP contribution >= 0.6 is 15.9 Å². The Labute approximate surface area is 93.3 Å². The fourth-order valence-electron chi connectivity index (χ4n) is 1.50. The molecule has 2 aromatic rings. The summed E-state index contributed by atoms with van der Waals surface area (Å²) in [4.78, 5) is 10.6. The molecule has 0 unspecified atom stereocenters. The minimum Gasteiger partial charge on any atom is -0.480 e. The third-order valence-corrected chi connectivity index (χ3v) is 2.73. The van der Waals surface area contributed by atoms with Gasteiger partial charge >= 0.3 is 5.97 Å². The molecular formula is C10H7BrFNO2. The van der Waals surface area contributed by atoms with Crippen LogP contribution in [0.1, 0.15) is 0 Å². The molecule has 1 N–H and O–H groups in total. The van der Waals surface area contributed by atoms with Crippen molar-refractivity contribution < 1.29 is 14.3 Å². The summed E-state index contributed by atoms with van der Waals surface area (Å²) in [6.07, 6.45) is 1.64. The second kappa shape index (κ2) is 3.66. The van der Waals surface area contributed by atoms with E-state index in [2.05, 4.69) is 15.9 Å². The fraction of sp³-hybridized carbons (Fsp3) is 0.100. The maximum atomic E-state index is 13.0. The summed E-state index contributed by atoms with van der Waals surface area (Å²) in [6.45, 7) is -0.175. The third-order valence-electron chi connectivity index (χ3n) is 2.10. The molecule has 2 rings (SSSR count). The monoisotopic (exact) mass is 271 g/mol. The molecule has 1 aromatic heterocycles. The van der Waals surface area contributed by atoms with E-state index in [-0.39, 0.29) is 12.4 Å². The molecule has 0 saturated carbocycles. The molecule has 0 aliphatic heterocycles. The summed E-state index contributed by atoms with van der Waals surface area (Å²) in [7, 11) is 0. The summed E-state index contributed by atoms with van der Waals surface area (Å²) in [6, 6.07) is 4.29. The topological polar surface area (TPSA) is 42.2 Å². The van der Waals surface area contributed by atoms with Crippen molar-refractivity contribution in [3.8, 4) is 0 Å². The lowest BCUT2D eigenvalue weighted by atomic mass is 10.2. The van der Waals surface area contributed by atoms with Crippen LogP contribution in [0.25, 0.3) is 10.9 Å². The highest BCUT2D eigenvalue weighted by molar-refractivity contribution is 9.10. The quantitative estimate of drug-likeness (QED) is 0.913. The van der Waals surface area contributed by atoms with Gasteiger partial charge in [0.15, 0.2) is 0 Å². The van der Waals surface area contributed by atoms with E-state index in [1.54, 1.807) is 12.3 Å². The second-order valence-electron chi connectivity index (χ2n) is 3.16. The number of aliphatic carboxylic acids is 1. The minimum atomic E-state index is -0.955. The molecule has 15 heavy (non-hydrogen) atoms. The van der Waals surface area contributed by atoms with E-state index in [4.69, 9.17) is 5.11 Å². The smallest absolute Gasteiger partial charge is 0.323 e. The number of halogens is 2. The molecule has 0 aliphatic rings. The lowest BCUT2D eigenvalue weighted by molar-refractivity contribution is -0.137. The maximum absolute atomic E-state index is 13.0. The van der Waals surface area contributed by atoms with Crippen molar-refractivity contribution in [2.24, 2.45) is 0 Å². The summed E-state index contributed by atoms with van der Waals surface area (Å²) in [5, 5.41) is 9.48. The number of aromatic nitrogens is 1. The molecule has 0 saturated heterocycles. The van der Waals surface area contributed by atoms with E-state index in [0.717, 1.165) is 9.86 Å². The van der Waals surface area contributed by atoms with Crippen LogP contribution in [0.2, 0.25) is 0 Å². The number of fused-ring (bicyclic) bond motifs is 1. The summed E-state index contributed by atoms with van der Waals surface area (Å²) >= 11 is 3.30. The maximum Gasteiger partial charge on any atom is 0.323 e. The Kier molecular flexibility index (Phi) is 2.48. The summed E-state index contributed by atoms with van der Waals surface area (Å²) < 4.78 is 15.2. The van der Waals surface area contributed by atoms with Crippen LogP contribution in [0, 0.1) is 5.82 Å². The molecule has 0 atom stereocenters. The molecule has 0 bridgehead atoms. The zero-order valence-electron chi connectivity index (χ0n) is 7.58. The molecule has 0 spiro atoms. The van der Waals surface area contributed by atoms with Crippen LogP contribution in [0.5, 0.6) is 0 Å². The van der Waals surface area contributed by atoms with Crippen molar-refractivity contribution in [3.63, 3.8) is 0 Å². The summed E-state index contributed by atoms with van der Waals surface area (Å²) in [5.74, 6) is -1.33. The van der Waals surface area contributed by atoms with Crippen molar-refractivity contribution in [2.75, 3.05) is 0 Å². The van der Waals surface area contributed by atoms with Crippen LogP contribution in [0.3, 0.4) is 0 Å². The Morgan fingerprint density at radius 3 is 2.93 bits per heavy atom. The third kappa shape index (κ3) is 1.87. The molecular weight excluding hydrogens is 265 g/mol. The van der Waals surface area contributed by atoms with Gasteiger partial charge in [-0.1, -0.05) is 0 Å². The van der Waals surface area contributed by atoms with E-state index in [9.17, 15) is 9.18 Å². The predicted molar refractivity (Wildman–Crippen MR) is 57.2 cm³/mol. The molecule has 0 aliphatic carbocycles. The highest BCUT2D eigenvalue weighted by atomic mass is 79.9. The Hall–Kier alpha value is -1.36. The summed E-state index contributed by atoms with van der Waals surface area (Å²) in [5.41, 5.74) is 0.573. The number of hydrogen-bond donors (Lipinski definition) is 1. The Morgan fingerprint density at radius 2 is 2.27 bits per heavy atom. The highest BCUT2D eigenvalue weighted by Crippen LogP contribution is 2.26. The number of carboxylic acids is 1. The first kappa shape index (κ1) is 10.2. The van der Waals surface area contributed by atoms with Gasteiger partial charge in [0.1, 0.15) is 12.4 Å². The van der Waals surface area contributed by atoms with Gasteiger partial charge in [-0.05, 0) is 34.1 Å². The van der Waals surface area contributed by atoms with E-state index in [1.807, 2.05) is 0 Å². The first-order chi connectivity index (χ1) is 7.08. The van der Waals surface area contributed by atoms with E-state index < -0.39 is 5.97 Å². The van der Waals surface area contributed by atoms with Gasteiger partial charge in [0.2, 0.25) is 0 Å². The van der Waals surface area contributed by atoms with Crippen molar-refractivity contribution in [1.82, 2.24) is 4.57 Å². The Bertz CT molecular complexity index is 535. The van der Waals surface area contributed by atoms with E-state index >= 15 is 0 Å². The SMILES string of the molecule is O=C(O)Cn1cc(Br)c2ccc(F)cc21. The second-order valence-corrected chi connectivity index (χ2v) is 4.01. The van der Waals surface area contributed by atoms with Gasteiger partial charge < -0.3 is 9.67 Å². The molecule has 1 aromatic carbocycles. The highest BCUT2D eigenvalue weighted by Gasteiger charge is 2.09. The van der Waals surface area contributed by atoms with Crippen molar-refractivity contribution in [2.45, 2.75) is 6.54 Å². The van der Waals surface area contributed by atoms with Crippen LogP contribution in [-0.2, 0) is 11.3 Å². The van der Waals surface area contributed by atoms with E-state index in [1.165, 1.54) is 16.7 Å². The van der Waals surface area contributed by atoms with E-state index in [0.29, 0.717) is 5.52 Å². The molecule has 0 fully saturated rings. The number of benzene rings is 1. The van der Waals surface area contributed by atoms with Crippen LogP contribution in [-0.4, -0.2) is 15.6 Å². The first-order valence-electron chi connectivity index (χ1n) is 4.23. The number of nitrogens with zero attached hydrogens (tertiary/aromatic N) is 1. The van der Waals surface area contributed by atoms with Crippen LogP contribution in [0.15, 0.2) is 28.9 Å². The first-order valence-corrected chi connectivity index (χ1v) is 5.03. The lowest BCUT2D eigenvalue weighted by Gasteiger charge is -2.00. The van der Waals surface area contributed by atoms with Gasteiger partial charge in [0.05, 0.1) is 5.52 Å². The number of carbonyl (C=O) groups is 1. The lowest BCUT2D eigenvalue weighted by Crippen LogP contribution is -2.07. The Balaban J connectivity index is 2.64. The van der Waals surface area contributed by atoms with Crippen LogP contribution in [0.4, 0.5) is 4.39 Å². The van der Waals surface area contributed by atoms with Gasteiger partial charge in [0, 0.05) is 16.1 Å². The van der Waals surface area contributed by atoms with Gasteiger partial charge in [-0.25, -0.2) is 4.39 Å². The van der Waals surface area contributed by atoms with Gasteiger partial charge in [-0.3, -0.25) is 4.79 Å². The number of rotatable bonds is 2. The van der Waals surface area contributed by atoms with Crippen molar-refractivity contribution in [3.05, 3.63) is 34.7 Å². The zero-order valence-corrected chi connectivity index (χ0v) is 9.16. The molecule has 0 radical (unpaired) electrons. The molecule has 1 heterocycles. The number of hydrogen-bond acceptors (Lipinski definition) is 1. The molecule has 3 nitrogen and oxygen atoms in total. The van der Waals surface area contributed by atoms with Gasteiger partial charge in [0.25, 0.3) is 0 Å². The standard InChI is InChI=1S/C10H7BrFNO2/c11-8-4-13(5-10(14)15)9-3-6(12)1-2-7(8)9/h1-4H,5H2,(H,14,15). The van der Waals surface area contributed by atoms with Gasteiger partial charge in [-0.2, -0.15) is 0 Å². The van der Waals surface area contributed by atoms with Crippen molar-refractivity contribution >= 4 is 32.8 Å². The largest absolute Gasteiger partial charge is 0.480 e. The zero-order chi connectivity index (χ0) is 11.0. The van der Waals surface area contributed by atoms with Crippen LogP contribution < -0.4 is 0 Å².